The molecule has 0 atom stereocenters. The third-order valence-corrected chi connectivity index (χ3v) is 7.15. The average Bonchev–Trinajstić information content (AvgIpc) is 3.44. The number of rotatable bonds is 3. The van der Waals surface area contributed by atoms with Crippen LogP contribution in [0.2, 0.25) is 0 Å². The number of allylic oxidation sites excluding steroid dienone is 1. The van der Waals surface area contributed by atoms with Gasteiger partial charge in [0.15, 0.2) is 0 Å². The zero-order valence-corrected chi connectivity index (χ0v) is 17.3. The first kappa shape index (κ1) is 17.4. The van der Waals surface area contributed by atoms with E-state index in [1.807, 2.05) is 11.3 Å². The molecule has 1 aliphatic carbocycles. The second-order valence-corrected chi connectivity index (χ2v) is 8.90. The monoisotopic (exact) mass is 400 g/mol. The third kappa shape index (κ3) is 2.99. The highest BCUT2D eigenvalue weighted by Crippen LogP contribution is 2.41. The van der Waals surface area contributed by atoms with Crippen molar-refractivity contribution in [3.05, 3.63) is 119 Å². The molecule has 1 aliphatic rings. The standard InChI is InChI=1S/C29H20S/c1-2-7-20(8-3-1)21-13-15-22(16-14-21)26-11-6-10-23-17-25(18-27(23)26)29-19-24-9-4-5-12-28(24)30-29/h1-17,19H,18H2. The van der Waals surface area contributed by atoms with Gasteiger partial charge in [-0.1, -0.05) is 91.0 Å². The minimum atomic E-state index is 0.999. The molecule has 30 heavy (non-hydrogen) atoms. The number of fused-ring (bicyclic) bond motifs is 2. The van der Waals surface area contributed by atoms with Gasteiger partial charge in [-0.05, 0) is 62.5 Å². The van der Waals surface area contributed by atoms with Crippen LogP contribution in [0.25, 0.3) is 44.0 Å². The third-order valence-electron chi connectivity index (χ3n) is 5.95. The van der Waals surface area contributed by atoms with Crippen LogP contribution < -0.4 is 0 Å². The van der Waals surface area contributed by atoms with Gasteiger partial charge < -0.3 is 0 Å². The maximum Gasteiger partial charge on any atom is 0.0349 e. The van der Waals surface area contributed by atoms with E-state index < -0.39 is 0 Å². The van der Waals surface area contributed by atoms with Crippen LogP contribution in [0.15, 0.2) is 103 Å². The summed E-state index contributed by atoms with van der Waals surface area (Å²) in [7, 11) is 0. The van der Waals surface area contributed by atoms with Gasteiger partial charge in [0.1, 0.15) is 0 Å². The first-order chi connectivity index (χ1) is 14.8. The fraction of sp³-hybridized carbons (Fsp3) is 0.0345. The summed E-state index contributed by atoms with van der Waals surface area (Å²) in [6, 6.07) is 37.3. The van der Waals surface area contributed by atoms with E-state index in [2.05, 4.69) is 109 Å². The zero-order valence-electron chi connectivity index (χ0n) is 16.5. The highest BCUT2D eigenvalue weighted by Gasteiger charge is 2.19. The summed E-state index contributed by atoms with van der Waals surface area (Å²) in [6.07, 6.45) is 3.38. The molecule has 0 radical (unpaired) electrons. The normalized spacial score (nSPS) is 12.7. The van der Waals surface area contributed by atoms with Crippen LogP contribution in [0.4, 0.5) is 0 Å². The summed E-state index contributed by atoms with van der Waals surface area (Å²) < 4.78 is 1.36. The van der Waals surface area contributed by atoms with Crippen LogP contribution in [-0.4, -0.2) is 0 Å². The lowest BCUT2D eigenvalue weighted by molar-refractivity contribution is 1.33. The largest absolute Gasteiger partial charge is 0.136 e. The van der Waals surface area contributed by atoms with Crippen molar-refractivity contribution in [1.82, 2.24) is 0 Å². The molecule has 1 aromatic heterocycles. The molecule has 1 heteroatoms. The number of thiophene rings is 1. The second-order valence-electron chi connectivity index (χ2n) is 7.81. The van der Waals surface area contributed by atoms with Crippen LogP contribution in [0.1, 0.15) is 16.0 Å². The molecule has 0 saturated carbocycles. The Kier molecular flexibility index (Phi) is 4.14. The molecule has 5 aromatic rings. The molecular weight excluding hydrogens is 380 g/mol. The molecule has 0 N–H and O–H groups in total. The predicted octanol–water partition coefficient (Wildman–Crippen LogP) is 8.33. The Bertz CT molecular complexity index is 1350. The van der Waals surface area contributed by atoms with Crippen molar-refractivity contribution in [3.63, 3.8) is 0 Å². The topological polar surface area (TPSA) is 0 Å². The maximum atomic E-state index is 2.38. The molecule has 0 nitrogen and oxygen atoms in total. The van der Waals surface area contributed by atoms with Gasteiger partial charge in [0, 0.05) is 16.0 Å². The van der Waals surface area contributed by atoms with E-state index >= 15 is 0 Å². The first-order valence-corrected chi connectivity index (χ1v) is 11.1. The summed E-state index contributed by atoms with van der Waals surface area (Å²) in [4.78, 5) is 1.39. The summed E-state index contributed by atoms with van der Waals surface area (Å²) in [5.41, 5.74) is 9.38. The molecule has 0 saturated heterocycles. The van der Waals surface area contributed by atoms with Gasteiger partial charge in [0.05, 0.1) is 0 Å². The Hall–Kier alpha value is -3.42. The minimum absolute atomic E-state index is 0.999. The maximum absolute atomic E-state index is 2.38. The minimum Gasteiger partial charge on any atom is -0.136 e. The van der Waals surface area contributed by atoms with Crippen molar-refractivity contribution >= 4 is 33.1 Å². The smallest absolute Gasteiger partial charge is 0.0349 e. The lowest BCUT2D eigenvalue weighted by Gasteiger charge is -2.10. The van der Waals surface area contributed by atoms with Crippen molar-refractivity contribution < 1.29 is 0 Å². The molecule has 142 valence electrons. The molecule has 0 fully saturated rings. The van der Waals surface area contributed by atoms with Crippen molar-refractivity contribution in [2.75, 3.05) is 0 Å². The average molecular weight is 401 g/mol. The van der Waals surface area contributed by atoms with E-state index in [0.717, 1.165) is 6.42 Å². The van der Waals surface area contributed by atoms with Crippen molar-refractivity contribution in [1.29, 1.82) is 0 Å². The van der Waals surface area contributed by atoms with Gasteiger partial charge in [0.2, 0.25) is 0 Å². The summed E-state index contributed by atoms with van der Waals surface area (Å²) in [5, 5.41) is 1.34. The first-order valence-electron chi connectivity index (χ1n) is 10.3. The second kappa shape index (κ2) is 7.12. The Balaban J connectivity index is 1.34. The quantitative estimate of drug-likeness (QED) is 0.285. The Morgan fingerprint density at radius 2 is 1.33 bits per heavy atom. The number of hydrogen-bond donors (Lipinski definition) is 0. The van der Waals surface area contributed by atoms with Crippen molar-refractivity contribution in [2.45, 2.75) is 6.42 Å². The number of benzene rings is 4. The highest BCUT2D eigenvalue weighted by atomic mass is 32.1. The van der Waals surface area contributed by atoms with Crippen LogP contribution in [0, 0.1) is 0 Å². The molecule has 0 spiro atoms. The molecule has 1 heterocycles. The SMILES string of the molecule is C1=C(c2cc3ccccc3s2)Cc2c1cccc2-c1ccc(-c2ccccc2)cc1. The van der Waals surface area contributed by atoms with E-state index in [9.17, 15) is 0 Å². The van der Waals surface area contributed by atoms with Crippen LogP contribution >= 0.6 is 11.3 Å². The summed E-state index contributed by atoms with van der Waals surface area (Å²) in [5.74, 6) is 0. The molecule has 0 unspecified atom stereocenters. The van der Waals surface area contributed by atoms with Gasteiger partial charge in [-0.15, -0.1) is 11.3 Å². The van der Waals surface area contributed by atoms with Crippen LogP contribution in [-0.2, 0) is 6.42 Å². The van der Waals surface area contributed by atoms with E-state index in [4.69, 9.17) is 0 Å². The summed E-state index contributed by atoms with van der Waals surface area (Å²) >= 11 is 1.90. The fourth-order valence-corrected chi connectivity index (χ4v) is 5.48. The van der Waals surface area contributed by atoms with Gasteiger partial charge >= 0.3 is 0 Å². The Morgan fingerprint density at radius 1 is 0.600 bits per heavy atom. The van der Waals surface area contributed by atoms with E-state index in [0.29, 0.717) is 0 Å². The van der Waals surface area contributed by atoms with E-state index in [1.165, 1.54) is 53.9 Å². The van der Waals surface area contributed by atoms with Crippen LogP contribution in [0.5, 0.6) is 0 Å². The highest BCUT2D eigenvalue weighted by molar-refractivity contribution is 7.20. The van der Waals surface area contributed by atoms with Crippen LogP contribution in [0.3, 0.4) is 0 Å². The molecular formula is C29H20S. The van der Waals surface area contributed by atoms with Gasteiger partial charge in [-0.25, -0.2) is 0 Å². The Morgan fingerprint density at radius 3 is 2.17 bits per heavy atom. The number of hydrogen-bond acceptors (Lipinski definition) is 1. The zero-order chi connectivity index (χ0) is 19.9. The predicted molar refractivity (Wildman–Crippen MR) is 131 cm³/mol. The van der Waals surface area contributed by atoms with Crippen molar-refractivity contribution in [3.8, 4) is 22.3 Å². The molecule has 0 amide bonds. The Labute approximate surface area is 180 Å². The lowest BCUT2D eigenvalue weighted by Crippen LogP contribution is -1.90. The molecule has 6 rings (SSSR count). The van der Waals surface area contributed by atoms with Gasteiger partial charge in [0.25, 0.3) is 0 Å². The summed E-state index contributed by atoms with van der Waals surface area (Å²) in [6.45, 7) is 0. The molecule has 0 aliphatic heterocycles. The van der Waals surface area contributed by atoms with Gasteiger partial charge in [-0.3, -0.25) is 0 Å². The van der Waals surface area contributed by atoms with E-state index in [1.54, 1.807) is 0 Å². The lowest BCUT2D eigenvalue weighted by atomic mass is 9.94. The van der Waals surface area contributed by atoms with Gasteiger partial charge in [-0.2, -0.15) is 0 Å². The fourth-order valence-electron chi connectivity index (χ4n) is 4.41. The van der Waals surface area contributed by atoms with Crippen molar-refractivity contribution in [2.24, 2.45) is 0 Å². The van der Waals surface area contributed by atoms with E-state index in [-0.39, 0.29) is 0 Å². The molecule has 0 bridgehead atoms. The molecule has 4 aromatic carbocycles.